The lowest BCUT2D eigenvalue weighted by Gasteiger charge is -2.34. The van der Waals surface area contributed by atoms with Crippen molar-refractivity contribution in [3.8, 4) is 11.5 Å². The number of carbonyl (C=O) groups is 1. The Kier molecular flexibility index (Phi) is 3.89. The number of nitrogens with zero attached hydrogens (tertiary/aromatic N) is 1. The van der Waals surface area contributed by atoms with Crippen LogP contribution in [-0.2, 0) is 9.53 Å². The smallest absolute Gasteiger partial charge is 0.267 e. The molecular weight excluding hydrogens is 294 g/mol. The van der Waals surface area contributed by atoms with E-state index in [1.807, 2.05) is 29.2 Å². The Bertz CT molecular complexity index is 582. The van der Waals surface area contributed by atoms with E-state index in [0.717, 1.165) is 26.0 Å². The lowest BCUT2D eigenvalue weighted by atomic mass is 9.86. The van der Waals surface area contributed by atoms with Gasteiger partial charge < -0.3 is 19.1 Å². The first kappa shape index (κ1) is 14.8. The van der Waals surface area contributed by atoms with Crippen LogP contribution in [0.25, 0.3) is 0 Å². The van der Waals surface area contributed by atoms with E-state index in [4.69, 9.17) is 14.2 Å². The number of carbonyl (C=O) groups excluding carboxylic acids is 1. The van der Waals surface area contributed by atoms with Gasteiger partial charge in [0.15, 0.2) is 11.5 Å². The van der Waals surface area contributed by atoms with E-state index in [1.54, 1.807) is 0 Å². The van der Waals surface area contributed by atoms with Crippen molar-refractivity contribution in [3.63, 3.8) is 0 Å². The minimum Gasteiger partial charge on any atom is -0.485 e. The zero-order valence-corrected chi connectivity index (χ0v) is 13.3. The van der Waals surface area contributed by atoms with Gasteiger partial charge in [-0.1, -0.05) is 25.0 Å². The fourth-order valence-electron chi connectivity index (χ4n) is 3.95. The standard InChI is InChI=1S/C18H23NO4/c20-17(16-11-22-14-5-1-2-6-15(14)23-16)19-9-10-21-13-18(12-19)7-3-4-8-18/h1-2,5-6,16H,3-4,7-13H2/t16-/m0/s1. The monoisotopic (exact) mass is 317 g/mol. The molecule has 0 aromatic heterocycles. The van der Waals surface area contributed by atoms with Gasteiger partial charge in [0.25, 0.3) is 5.91 Å². The van der Waals surface area contributed by atoms with Crippen LogP contribution >= 0.6 is 0 Å². The Morgan fingerprint density at radius 2 is 1.96 bits per heavy atom. The number of rotatable bonds is 1. The van der Waals surface area contributed by atoms with E-state index in [1.165, 1.54) is 12.8 Å². The highest BCUT2D eigenvalue weighted by molar-refractivity contribution is 5.82. The molecule has 5 heteroatoms. The van der Waals surface area contributed by atoms with Gasteiger partial charge in [-0.25, -0.2) is 0 Å². The third-order valence-electron chi connectivity index (χ3n) is 5.20. The summed E-state index contributed by atoms with van der Waals surface area (Å²) in [4.78, 5) is 14.9. The van der Waals surface area contributed by atoms with Crippen LogP contribution in [0.3, 0.4) is 0 Å². The number of hydrogen-bond donors (Lipinski definition) is 0. The zero-order valence-electron chi connectivity index (χ0n) is 13.3. The third kappa shape index (κ3) is 2.90. The van der Waals surface area contributed by atoms with Crippen molar-refractivity contribution in [2.45, 2.75) is 31.8 Å². The van der Waals surface area contributed by atoms with Crippen LogP contribution in [0.1, 0.15) is 25.7 Å². The zero-order chi connectivity index (χ0) is 15.7. The molecule has 1 saturated carbocycles. The second-order valence-electron chi connectivity index (χ2n) is 6.88. The summed E-state index contributed by atoms with van der Waals surface area (Å²) in [7, 11) is 0. The van der Waals surface area contributed by atoms with Crippen LogP contribution in [0.15, 0.2) is 24.3 Å². The summed E-state index contributed by atoms with van der Waals surface area (Å²) in [6, 6.07) is 7.50. The van der Waals surface area contributed by atoms with E-state index in [9.17, 15) is 4.79 Å². The van der Waals surface area contributed by atoms with Gasteiger partial charge >= 0.3 is 0 Å². The fourth-order valence-corrected chi connectivity index (χ4v) is 3.95. The number of para-hydroxylation sites is 2. The molecule has 1 atom stereocenters. The molecule has 124 valence electrons. The number of fused-ring (bicyclic) bond motifs is 1. The molecule has 2 heterocycles. The van der Waals surface area contributed by atoms with Gasteiger partial charge in [0.05, 0.1) is 13.2 Å². The minimum atomic E-state index is -0.554. The summed E-state index contributed by atoms with van der Waals surface area (Å²) in [5, 5.41) is 0. The summed E-state index contributed by atoms with van der Waals surface area (Å²) in [6.45, 7) is 3.09. The average Bonchev–Trinajstić information content (AvgIpc) is 2.94. The highest BCUT2D eigenvalue weighted by Gasteiger charge is 2.41. The van der Waals surface area contributed by atoms with E-state index < -0.39 is 6.10 Å². The SMILES string of the molecule is O=C([C@@H]1COc2ccccc2O1)N1CCOCC2(CCCC2)C1. The first-order valence-corrected chi connectivity index (χ1v) is 8.51. The van der Waals surface area contributed by atoms with E-state index >= 15 is 0 Å². The number of ether oxygens (including phenoxy) is 3. The molecule has 3 aliphatic rings. The largest absolute Gasteiger partial charge is 0.485 e. The number of benzene rings is 1. The van der Waals surface area contributed by atoms with Crippen LogP contribution in [0, 0.1) is 5.41 Å². The van der Waals surface area contributed by atoms with Crippen molar-refractivity contribution in [2.24, 2.45) is 5.41 Å². The molecule has 0 bridgehead atoms. The molecular formula is C18H23NO4. The molecule has 1 aromatic rings. The van der Waals surface area contributed by atoms with Gasteiger partial charge in [-0.05, 0) is 25.0 Å². The van der Waals surface area contributed by atoms with Gasteiger partial charge in [0.1, 0.15) is 6.61 Å². The Hall–Kier alpha value is -1.75. The molecule has 1 amide bonds. The van der Waals surface area contributed by atoms with Crippen LogP contribution in [0.2, 0.25) is 0 Å². The van der Waals surface area contributed by atoms with Crippen LogP contribution in [0.5, 0.6) is 11.5 Å². The lowest BCUT2D eigenvalue weighted by Crippen LogP contribution is -2.49. The summed E-state index contributed by atoms with van der Waals surface area (Å²) >= 11 is 0. The molecule has 0 unspecified atom stereocenters. The lowest BCUT2D eigenvalue weighted by molar-refractivity contribution is -0.142. The van der Waals surface area contributed by atoms with E-state index in [0.29, 0.717) is 24.7 Å². The fraction of sp³-hybridized carbons (Fsp3) is 0.611. The molecule has 1 aliphatic carbocycles. The van der Waals surface area contributed by atoms with Crippen LogP contribution in [-0.4, -0.2) is 49.8 Å². The second-order valence-corrected chi connectivity index (χ2v) is 6.88. The maximum absolute atomic E-state index is 12.9. The van der Waals surface area contributed by atoms with Gasteiger partial charge in [0, 0.05) is 18.5 Å². The molecule has 1 aromatic carbocycles. The van der Waals surface area contributed by atoms with E-state index in [-0.39, 0.29) is 17.9 Å². The molecule has 23 heavy (non-hydrogen) atoms. The Balaban J connectivity index is 1.48. The molecule has 5 nitrogen and oxygen atoms in total. The van der Waals surface area contributed by atoms with Crippen LogP contribution < -0.4 is 9.47 Å². The minimum absolute atomic E-state index is 0.0243. The van der Waals surface area contributed by atoms with Crippen molar-refractivity contribution in [1.29, 1.82) is 0 Å². The topological polar surface area (TPSA) is 48.0 Å². The molecule has 2 aliphatic heterocycles. The molecule has 0 N–H and O–H groups in total. The van der Waals surface area contributed by atoms with Crippen molar-refractivity contribution in [2.75, 3.05) is 32.9 Å². The summed E-state index contributed by atoms with van der Waals surface area (Å²) in [5.74, 6) is 1.39. The van der Waals surface area contributed by atoms with E-state index in [2.05, 4.69) is 0 Å². The Morgan fingerprint density at radius 3 is 2.78 bits per heavy atom. The Labute approximate surface area is 136 Å². The summed E-state index contributed by atoms with van der Waals surface area (Å²) < 4.78 is 17.4. The summed E-state index contributed by atoms with van der Waals surface area (Å²) in [6.07, 6.45) is 4.23. The number of amides is 1. The molecule has 2 fully saturated rings. The predicted molar refractivity (Wildman–Crippen MR) is 84.7 cm³/mol. The number of hydrogen-bond acceptors (Lipinski definition) is 4. The highest BCUT2D eigenvalue weighted by Crippen LogP contribution is 2.40. The second kappa shape index (κ2) is 6.04. The third-order valence-corrected chi connectivity index (χ3v) is 5.20. The van der Waals surface area contributed by atoms with Gasteiger partial charge in [-0.15, -0.1) is 0 Å². The van der Waals surface area contributed by atoms with Crippen molar-refractivity contribution >= 4 is 5.91 Å². The highest BCUT2D eigenvalue weighted by atomic mass is 16.6. The average molecular weight is 317 g/mol. The predicted octanol–water partition coefficient (Wildman–Crippen LogP) is 2.25. The maximum Gasteiger partial charge on any atom is 0.267 e. The van der Waals surface area contributed by atoms with Gasteiger partial charge in [-0.3, -0.25) is 4.79 Å². The van der Waals surface area contributed by atoms with Crippen molar-refractivity contribution < 1.29 is 19.0 Å². The van der Waals surface area contributed by atoms with Crippen molar-refractivity contribution in [3.05, 3.63) is 24.3 Å². The molecule has 0 radical (unpaired) electrons. The molecule has 1 spiro atoms. The Morgan fingerprint density at radius 1 is 1.17 bits per heavy atom. The first-order chi connectivity index (χ1) is 11.3. The molecule has 1 saturated heterocycles. The van der Waals surface area contributed by atoms with Gasteiger partial charge in [-0.2, -0.15) is 0 Å². The first-order valence-electron chi connectivity index (χ1n) is 8.51. The summed E-state index contributed by atoms with van der Waals surface area (Å²) in [5.41, 5.74) is 0.152. The van der Waals surface area contributed by atoms with Crippen LogP contribution in [0.4, 0.5) is 0 Å². The van der Waals surface area contributed by atoms with Gasteiger partial charge in [0.2, 0.25) is 6.10 Å². The normalized spacial score (nSPS) is 26.1. The quantitative estimate of drug-likeness (QED) is 0.797. The maximum atomic E-state index is 12.9. The van der Waals surface area contributed by atoms with Crippen molar-refractivity contribution in [1.82, 2.24) is 4.90 Å². The molecule has 4 rings (SSSR count).